The highest BCUT2D eigenvalue weighted by molar-refractivity contribution is 6.63. The summed E-state index contributed by atoms with van der Waals surface area (Å²) in [5, 5.41) is 0. The van der Waals surface area contributed by atoms with Gasteiger partial charge in [0.05, 0.1) is 11.2 Å². The fourth-order valence-corrected chi connectivity index (χ4v) is 3.70. The quantitative estimate of drug-likeness (QED) is 0.781. The molecule has 0 unspecified atom stereocenters. The Morgan fingerprint density at radius 2 is 1.58 bits per heavy atom. The zero-order valence-electron chi connectivity index (χ0n) is 16.4. The lowest BCUT2D eigenvalue weighted by molar-refractivity contribution is 0.00578. The van der Waals surface area contributed by atoms with Crippen molar-refractivity contribution in [2.75, 3.05) is 0 Å². The van der Waals surface area contributed by atoms with Gasteiger partial charge < -0.3 is 14.0 Å². The van der Waals surface area contributed by atoms with E-state index in [9.17, 15) is 0 Å². The van der Waals surface area contributed by atoms with Gasteiger partial charge in [0.25, 0.3) is 0 Å². The summed E-state index contributed by atoms with van der Waals surface area (Å²) in [6, 6.07) is 12.5. The minimum absolute atomic E-state index is 0.294. The lowest BCUT2D eigenvalue weighted by atomic mass is 9.67. The molecule has 4 rings (SSSR count). The normalized spacial score (nSPS) is 19.8. The van der Waals surface area contributed by atoms with E-state index >= 15 is 0 Å². The number of hydrogen-bond acceptors (Lipinski definition) is 3. The molecule has 1 heterocycles. The summed E-state index contributed by atoms with van der Waals surface area (Å²) >= 11 is 0. The molecule has 0 aromatic heterocycles. The molecule has 0 saturated carbocycles. The van der Waals surface area contributed by atoms with Crippen LogP contribution in [0.2, 0.25) is 0 Å². The molecule has 1 aliphatic carbocycles. The fraction of sp³-hybridized carbons (Fsp3) is 0.455. The Bertz CT molecular complexity index is 811. The summed E-state index contributed by atoms with van der Waals surface area (Å²) in [4.78, 5) is 0. The van der Waals surface area contributed by atoms with E-state index in [-0.39, 0.29) is 18.3 Å². The second kappa shape index (κ2) is 6.14. The number of ether oxygens (including phenoxy) is 1. The van der Waals surface area contributed by atoms with Crippen molar-refractivity contribution in [1.82, 2.24) is 0 Å². The van der Waals surface area contributed by atoms with Crippen LogP contribution in [0.1, 0.15) is 49.9 Å². The zero-order chi connectivity index (χ0) is 18.5. The van der Waals surface area contributed by atoms with Crippen molar-refractivity contribution in [2.45, 2.75) is 65.3 Å². The maximum atomic E-state index is 6.31. The van der Waals surface area contributed by atoms with Crippen molar-refractivity contribution in [3.63, 3.8) is 0 Å². The van der Waals surface area contributed by atoms with Crippen LogP contribution < -0.4 is 10.2 Å². The van der Waals surface area contributed by atoms with E-state index in [0.717, 1.165) is 18.6 Å². The molecule has 2 aromatic carbocycles. The van der Waals surface area contributed by atoms with Crippen molar-refractivity contribution in [2.24, 2.45) is 0 Å². The van der Waals surface area contributed by atoms with Crippen molar-refractivity contribution < 1.29 is 14.0 Å². The molecule has 0 N–H and O–H groups in total. The molecule has 1 aliphatic heterocycles. The van der Waals surface area contributed by atoms with E-state index in [0.29, 0.717) is 6.61 Å². The van der Waals surface area contributed by atoms with Gasteiger partial charge >= 0.3 is 7.12 Å². The summed E-state index contributed by atoms with van der Waals surface area (Å²) in [5.74, 6) is 1.01. The average Bonchev–Trinajstić information content (AvgIpc) is 2.76. The van der Waals surface area contributed by atoms with Gasteiger partial charge in [-0.1, -0.05) is 30.3 Å². The van der Waals surface area contributed by atoms with E-state index in [1.807, 2.05) is 18.2 Å². The van der Waals surface area contributed by atoms with Crippen LogP contribution in [0, 0.1) is 6.92 Å². The Hall–Kier alpha value is -1.78. The van der Waals surface area contributed by atoms with Crippen molar-refractivity contribution in [3.8, 4) is 5.75 Å². The number of aryl methyl sites for hydroxylation is 1. The van der Waals surface area contributed by atoms with Crippen LogP contribution in [-0.2, 0) is 28.8 Å². The van der Waals surface area contributed by atoms with E-state index < -0.39 is 0 Å². The number of fused-ring (bicyclic) bond motifs is 1. The lowest BCUT2D eigenvalue weighted by Crippen LogP contribution is -2.41. The van der Waals surface area contributed by atoms with E-state index in [4.69, 9.17) is 14.0 Å². The Morgan fingerprint density at radius 1 is 0.962 bits per heavy atom. The van der Waals surface area contributed by atoms with E-state index in [1.165, 1.54) is 27.7 Å². The molecule has 26 heavy (non-hydrogen) atoms. The number of benzene rings is 2. The first-order valence-corrected chi connectivity index (χ1v) is 9.46. The molecule has 0 bridgehead atoms. The lowest BCUT2D eigenvalue weighted by Gasteiger charge is -2.32. The van der Waals surface area contributed by atoms with Crippen molar-refractivity contribution in [3.05, 3.63) is 58.7 Å². The number of rotatable bonds is 4. The first-order chi connectivity index (χ1) is 12.3. The Kier molecular flexibility index (Phi) is 4.16. The third-order valence-corrected chi connectivity index (χ3v) is 6.11. The third kappa shape index (κ3) is 2.85. The SMILES string of the molecule is Cc1cc(OCc2ccccc2)c2c(c1B1OC(C)(C)C(C)(C)O1)CC2. The minimum atomic E-state index is -0.316. The molecule has 1 saturated heterocycles. The van der Waals surface area contributed by atoms with Crippen LogP contribution >= 0.6 is 0 Å². The largest absolute Gasteiger partial charge is 0.495 e. The van der Waals surface area contributed by atoms with Crippen LogP contribution in [0.15, 0.2) is 36.4 Å². The summed E-state index contributed by atoms with van der Waals surface area (Å²) in [6.45, 7) is 11.1. The molecule has 0 radical (unpaired) electrons. The highest BCUT2D eigenvalue weighted by atomic mass is 16.7. The van der Waals surface area contributed by atoms with Gasteiger partial charge in [0.1, 0.15) is 12.4 Å². The molecule has 0 amide bonds. The minimum Gasteiger partial charge on any atom is -0.489 e. The summed E-state index contributed by atoms with van der Waals surface area (Å²) in [6.07, 6.45) is 2.13. The maximum absolute atomic E-state index is 6.31. The first kappa shape index (κ1) is 17.6. The van der Waals surface area contributed by atoms with E-state index in [1.54, 1.807) is 0 Å². The molecule has 1 fully saturated rings. The summed E-state index contributed by atoms with van der Waals surface area (Å²) < 4.78 is 18.8. The van der Waals surface area contributed by atoms with Crippen molar-refractivity contribution in [1.29, 1.82) is 0 Å². The maximum Gasteiger partial charge on any atom is 0.495 e. The smallest absolute Gasteiger partial charge is 0.489 e. The van der Waals surface area contributed by atoms with Crippen LogP contribution in [0.3, 0.4) is 0 Å². The fourth-order valence-electron chi connectivity index (χ4n) is 3.70. The van der Waals surface area contributed by atoms with Gasteiger partial charge in [-0.25, -0.2) is 0 Å². The third-order valence-electron chi connectivity index (χ3n) is 6.11. The Morgan fingerprint density at radius 3 is 2.15 bits per heavy atom. The van der Waals surface area contributed by atoms with Gasteiger partial charge in [-0.05, 0) is 81.2 Å². The number of hydrogen-bond donors (Lipinski definition) is 0. The Balaban J connectivity index is 1.61. The van der Waals surface area contributed by atoms with Crippen LogP contribution in [0.4, 0.5) is 0 Å². The molecule has 136 valence electrons. The molecule has 3 nitrogen and oxygen atoms in total. The Labute approximate surface area is 156 Å². The topological polar surface area (TPSA) is 27.7 Å². The van der Waals surface area contributed by atoms with Gasteiger partial charge in [0, 0.05) is 0 Å². The summed E-state index contributed by atoms with van der Waals surface area (Å²) in [7, 11) is -0.294. The van der Waals surface area contributed by atoms with Crippen molar-refractivity contribution >= 4 is 12.6 Å². The highest BCUT2D eigenvalue weighted by Gasteiger charge is 2.53. The average molecular weight is 350 g/mol. The van der Waals surface area contributed by atoms with Gasteiger partial charge in [-0.3, -0.25) is 0 Å². The highest BCUT2D eigenvalue weighted by Crippen LogP contribution is 2.39. The molecule has 0 atom stereocenters. The van der Waals surface area contributed by atoms with Crippen LogP contribution in [0.5, 0.6) is 5.75 Å². The zero-order valence-corrected chi connectivity index (χ0v) is 16.4. The second-order valence-corrected chi connectivity index (χ2v) is 8.42. The standard InChI is InChI=1S/C22H27BO3/c1-15-13-19(24-14-16-9-7-6-8-10-16)17-11-12-18(17)20(15)23-25-21(2,3)22(4,5)26-23/h6-10,13H,11-12,14H2,1-5H3. The van der Waals surface area contributed by atoms with Gasteiger partial charge in [0.15, 0.2) is 0 Å². The molecule has 4 heteroatoms. The van der Waals surface area contributed by atoms with Gasteiger partial charge in [-0.15, -0.1) is 0 Å². The predicted molar refractivity (Wildman–Crippen MR) is 105 cm³/mol. The summed E-state index contributed by atoms with van der Waals surface area (Å²) in [5.41, 5.74) is 5.62. The molecule has 0 spiro atoms. The monoisotopic (exact) mass is 350 g/mol. The molecular weight excluding hydrogens is 323 g/mol. The first-order valence-electron chi connectivity index (χ1n) is 9.46. The van der Waals surface area contributed by atoms with Gasteiger partial charge in [-0.2, -0.15) is 0 Å². The molecule has 2 aromatic rings. The van der Waals surface area contributed by atoms with E-state index in [2.05, 4.69) is 52.8 Å². The van der Waals surface area contributed by atoms with Gasteiger partial charge in [0.2, 0.25) is 0 Å². The molecular formula is C22H27BO3. The van der Waals surface area contributed by atoms with Crippen LogP contribution in [0.25, 0.3) is 0 Å². The molecule has 2 aliphatic rings. The van der Waals surface area contributed by atoms with Crippen LogP contribution in [-0.4, -0.2) is 18.3 Å². The second-order valence-electron chi connectivity index (χ2n) is 8.42. The predicted octanol–water partition coefficient (Wildman–Crippen LogP) is 3.97.